The number of ether oxygens (including phenoxy) is 3. The van der Waals surface area contributed by atoms with Gasteiger partial charge in [0.15, 0.2) is 11.5 Å². The number of benzene rings is 2. The molecule has 2 aromatic rings. The maximum Gasteiger partial charge on any atom is 0.231 e. The van der Waals surface area contributed by atoms with Crippen LogP contribution < -0.4 is 19.5 Å². The Morgan fingerprint density at radius 3 is 2.85 bits per heavy atom. The number of rotatable bonds is 4. The molecular formula is C15H14ClNO3. The predicted molar refractivity (Wildman–Crippen MR) is 76.9 cm³/mol. The Kier molecular flexibility index (Phi) is 3.67. The Hall–Kier alpha value is -1.91. The van der Waals surface area contributed by atoms with Gasteiger partial charge >= 0.3 is 0 Å². The minimum absolute atomic E-state index is 0.251. The van der Waals surface area contributed by atoms with Crippen LogP contribution in [0.3, 0.4) is 0 Å². The van der Waals surface area contributed by atoms with Gasteiger partial charge in [-0.25, -0.2) is 0 Å². The lowest BCUT2D eigenvalue weighted by Gasteiger charge is -2.12. The zero-order chi connectivity index (χ0) is 13.9. The lowest BCUT2D eigenvalue weighted by atomic mass is 10.2. The largest absolute Gasteiger partial charge is 0.457 e. The molecule has 4 nitrogen and oxygen atoms in total. The molecule has 0 bridgehead atoms. The molecule has 1 N–H and O–H groups in total. The predicted octanol–water partition coefficient (Wildman–Crippen LogP) is 3.58. The monoisotopic (exact) mass is 291 g/mol. The molecule has 104 valence electrons. The van der Waals surface area contributed by atoms with Gasteiger partial charge in [-0.2, -0.15) is 0 Å². The summed E-state index contributed by atoms with van der Waals surface area (Å²) in [6, 6.07) is 11.1. The highest BCUT2D eigenvalue weighted by molar-refractivity contribution is 6.30. The van der Waals surface area contributed by atoms with Gasteiger partial charge in [0.05, 0.1) is 0 Å². The lowest BCUT2D eigenvalue weighted by molar-refractivity contribution is 0.174. The van der Waals surface area contributed by atoms with Crippen molar-refractivity contribution in [2.75, 3.05) is 13.8 Å². The summed E-state index contributed by atoms with van der Waals surface area (Å²) >= 11 is 6.03. The van der Waals surface area contributed by atoms with Gasteiger partial charge in [-0.05, 0) is 31.3 Å². The molecular weight excluding hydrogens is 278 g/mol. The summed E-state index contributed by atoms with van der Waals surface area (Å²) in [4.78, 5) is 0. The first-order valence-corrected chi connectivity index (χ1v) is 6.64. The Bertz CT molecular complexity index is 631. The number of nitrogens with one attached hydrogen (secondary N) is 1. The Morgan fingerprint density at radius 2 is 2.00 bits per heavy atom. The van der Waals surface area contributed by atoms with Gasteiger partial charge < -0.3 is 19.5 Å². The molecule has 3 rings (SSSR count). The van der Waals surface area contributed by atoms with Crippen LogP contribution in [-0.4, -0.2) is 13.8 Å². The Morgan fingerprint density at radius 1 is 1.15 bits per heavy atom. The van der Waals surface area contributed by atoms with Gasteiger partial charge in [0.25, 0.3) is 0 Å². The van der Waals surface area contributed by atoms with Crippen molar-refractivity contribution in [3.05, 3.63) is 47.0 Å². The maximum atomic E-state index is 6.03. The van der Waals surface area contributed by atoms with Gasteiger partial charge in [0, 0.05) is 23.2 Å². The van der Waals surface area contributed by atoms with E-state index in [2.05, 4.69) is 5.32 Å². The molecule has 1 aliphatic heterocycles. The number of halogens is 1. The van der Waals surface area contributed by atoms with Crippen LogP contribution >= 0.6 is 11.6 Å². The third-order valence-electron chi connectivity index (χ3n) is 2.97. The van der Waals surface area contributed by atoms with E-state index in [1.54, 1.807) is 6.07 Å². The van der Waals surface area contributed by atoms with Crippen molar-refractivity contribution in [1.82, 2.24) is 5.32 Å². The standard InChI is InChI=1S/C15H14ClNO3/c1-17-8-10-2-3-11(16)6-14(10)20-12-4-5-13-15(7-12)19-9-18-13/h2-7,17H,8-9H2,1H3. The van der Waals surface area contributed by atoms with Gasteiger partial charge in [0.1, 0.15) is 11.5 Å². The Labute approximate surface area is 122 Å². The quantitative estimate of drug-likeness (QED) is 0.934. The van der Waals surface area contributed by atoms with Crippen LogP contribution in [0.15, 0.2) is 36.4 Å². The molecule has 1 aliphatic rings. The molecule has 0 saturated heterocycles. The van der Waals surface area contributed by atoms with Crippen molar-refractivity contribution in [2.45, 2.75) is 6.54 Å². The van der Waals surface area contributed by atoms with E-state index in [-0.39, 0.29) is 6.79 Å². The van der Waals surface area contributed by atoms with E-state index < -0.39 is 0 Å². The fourth-order valence-electron chi connectivity index (χ4n) is 2.03. The second-order valence-electron chi connectivity index (χ2n) is 4.40. The first-order chi connectivity index (χ1) is 9.76. The van der Waals surface area contributed by atoms with Crippen LogP contribution in [0, 0.1) is 0 Å². The summed E-state index contributed by atoms with van der Waals surface area (Å²) in [6.07, 6.45) is 0. The van der Waals surface area contributed by atoms with E-state index in [4.69, 9.17) is 25.8 Å². The van der Waals surface area contributed by atoms with E-state index in [1.165, 1.54) is 0 Å². The first kappa shape index (κ1) is 13.1. The van der Waals surface area contributed by atoms with Crippen LogP contribution in [0.5, 0.6) is 23.0 Å². The van der Waals surface area contributed by atoms with Crippen molar-refractivity contribution in [2.24, 2.45) is 0 Å². The second kappa shape index (κ2) is 5.61. The molecule has 0 saturated carbocycles. The summed E-state index contributed by atoms with van der Waals surface area (Å²) in [5.41, 5.74) is 1.04. The number of hydrogen-bond donors (Lipinski definition) is 1. The van der Waals surface area contributed by atoms with Crippen molar-refractivity contribution < 1.29 is 14.2 Å². The summed E-state index contributed by atoms with van der Waals surface area (Å²) in [5.74, 6) is 2.85. The van der Waals surface area contributed by atoms with Crippen molar-refractivity contribution >= 4 is 11.6 Å². The highest BCUT2D eigenvalue weighted by Gasteiger charge is 2.14. The summed E-state index contributed by atoms with van der Waals surface area (Å²) in [7, 11) is 1.89. The molecule has 2 aromatic carbocycles. The zero-order valence-electron chi connectivity index (χ0n) is 11.0. The van der Waals surface area contributed by atoms with E-state index in [0.717, 1.165) is 17.1 Å². The van der Waals surface area contributed by atoms with Crippen molar-refractivity contribution in [3.8, 4) is 23.0 Å². The second-order valence-corrected chi connectivity index (χ2v) is 4.84. The van der Waals surface area contributed by atoms with E-state index in [9.17, 15) is 0 Å². The van der Waals surface area contributed by atoms with E-state index in [1.807, 2.05) is 37.4 Å². The molecule has 0 unspecified atom stereocenters. The fraction of sp³-hybridized carbons (Fsp3) is 0.200. The van der Waals surface area contributed by atoms with E-state index in [0.29, 0.717) is 23.1 Å². The summed E-state index contributed by atoms with van der Waals surface area (Å²) in [6.45, 7) is 0.956. The topological polar surface area (TPSA) is 39.7 Å². The fourth-order valence-corrected chi connectivity index (χ4v) is 2.19. The van der Waals surface area contributed by atoms with Crippen LogP contribution in [0.1, 0.15) is 5.56 Å². The van der Waals surface area contributed by atoms with Crippen molar-refractivity contribution in [3.63, 3.8) is 0 Å². The van der Waals surface area contributed by atoms with E-state index >= 15 is 0 Å². The summed E-state index contributed by atoms with van der Waals surface area (Å²) < 4.78 is 16.5. The van der Waals surface area contributed by atoms with Gasteiger partial charge in [-0.15, -0.1) is 0 Å². The molecule has 1 heterocycles. The third kappa shape index (κ3) is 2.66. The van der Waals surface area contributed by atoms with Crippen molar-refractivity contribution in [1.29, 1.82) is 0 Å². The molecule has 0 fully saturated rings. The zero-order valence-corrected chi connectivity index (χ0v) is 11.7. The highest BCUT2D eigenvalue weighted by Crippen LogP contribution is 2.37. The average Bonchev–Trinajstić information content (AvgIpc) is 2.89. The van der Waals surface area contributed by atoms with Crippen LogP contribution in [0.25, 0.3) is 0 Å². The molecule has 0 radical (unpaired) electrons. The molecule has 0 spiro atoms. The number of hydrogen-bond acceptors (Lipinski definition) is 4. The van der Waals surface area contributed by atoms with Gasteiger partial charge in [0.2, 0.25) is 6.79 Å². The molecule has 0 atom stereocenters. The lowest BCUT2D eigenvalue weighted by Crippen LogP contribution is -2.06. The molecule has 0 amide bonds. The maximum absolute atomic E-state index is 6.03. The first-order valence-electron chi connectivity index (χ1n) is 6.27. The van der Waals surface area contributed by atoms with Crippen LogP contribution in [0.4, 0.5) is 0 Å². The van der Waals surface area contributed by atoms with Crippen LogP contribution in [-0.2, 0) is 6.54 Å². The van der Waals surface area contributed by atoms with Gasteiger partial charge in [-0.3, -0.25) is 0 Å². The SMILES string of the molecule is CNCc1ccc(Cl)cc1Oc1ccc2c(c1)OCO2. The molecule has 0 aliphatic carbocycles. The minimum Gasteiger partial charge on any atom is -0.457 e. The number of fused-ring (bicyclic) bond motifs is 1. The van der Waals surface area contributed by atoms with Crippen LogP contribution in [0.2, 0.25) is 5.02 Å². The summed E-state index contributed by atoms with van der Waals surface area (Å²) in [5, 5.41) is 3.74. The molecule has 20 heavy (non-hydrogen) atoms. The average molecular weight is 292 g/mol. The smallest absolute Gasteiger partial charge is 0.231 e. The molecule has 0 aromatic heterocycles. The molecule has 5 heteroatoms. The minimum atomic E-state index is 0.251. The highest BCUT2D eigenvalue weighted by atomic mass is 35.5. The third-order valence-corrected chi connectivity index (χ3v) is 3.20. The van der Waals surface area contributed by atoms with Gasteiger partial charge in [-0.1, -0.05) is 17.7 Å². The Balaban J connectivity index is 1.88. The normalized spacial score (nSPS) is 12.5.